The molecule has 1 nitrogen and oxygen atoms in total. The van der Waals surface area contributed by atoms with Crippen LogP contribution in [0.15, 0.2) is 30.3 Å². The fourth-order valence-corrected chi connectivity index (χ4v) is 2.98. The molecule has 2 aromatic carbocycles. The minimum Gasteiger partial charge on any atom is -0.495 e. The normalized spacial score (nSPS) is 12.3. The molecule has 20 heavy (non-hydrogen) atoms. The lowest BCUT2D eigenvalue weighted by atomic mass is 9.99. The molecule has 0 N–H and O–H groups in total. The van der Waals surface area contributed by atoms with E-state index in [9.17, 15) is 4.39 Å². The molecule has 0 amide bonds. The van der Waals surface area contributed by atoms with Crippen LogP contribution in [0, 0.1) is 12.7 Å². The highest BCUT2D eigenvalue weighted by molar-refractivity contribution is 6.36. The van der Waals surface area contributed by atoms with Crippen molar-refractivity contribution in [1.29, 1.82) is 0 Å². The van der Waals surface area contributed by atoms with Crippen molar-refractivity contribution in [1.82, 2.24) is 0 Å². The Labute approximate surface area is 132 Å². The third kappa shape index (κ3) is 3.03. The van der Waals surface area contributed by atoms with Crippen molar-refractivity contribution in [2.24, 2.45) is 0 Å². The predicted octanol–water partition coefficient (Wildman–Crippen LogP) is 5.78. The van der Waals surface area contributed by atoms with E-state index in [0.717, 1.165) is 11.1 Å². The Kier molecular flexibility index (Phi) is 4.79. The van der Waals surface area contributed by atoms with Crippen LogP contribution >= 0.6 is 34.8 Å². The van der Waals surface area contributed by atoms with Crippen molar-refractivity contribution in [2.75, 3.05) is 7.11 Å². The Hall–Kier alpha value is -0.960. The monoisotopic (exact) mass is 332 g/mol. The molecule has 0 saturated heterocycles. The first-order chi connectivity index (χ1) is 9.43. The average molecular weight is 334 g/mol. The van der Waals surface area contributed by atoms with Gasteiger partial charge < -0.3 is 4.74 Å². The number of rotatable bonds is 3. The number of halogens is 4. The van der Waals surface area contributed by atoms with Gasteiger partial charge >= 0.3 is 0 Å². The van der Waals surface area contributed by atoms with Gasteiger partial charge in [0, 0.05) is 11.1 Å². The topological polar surface area (TPSA) is 9.23 Å². The molecule has 0 aliphatic heterocycles. The number of hydrogen-bond donors (Lipinski definition) is 0. The molecule has 0 aromatic heterocycles. The Morgan fingerprint density at radius 1 is 1.05 bits per heavy atom. The lowest BCUT2D eigenvalue weighted by molar-refractivity contribution is 0.415. The summed E-state index contributed by atoms with van der Waals surface area (Å²) in [6.07, 6.45) is 0. The van der Waals surface area contributed by atoms with Gasteiger partial charge in [0.05, 0.1) is 17.5 Å². The lowest BCUT2D eigenvalue weighted by Crippen LogP contribution is -1.99. The third-order valence-corrected chi connectivity index (χ3v) is 4.14. The van der Waals surface area contributed by atoms with Crippen LogP contribution in [0.3, 0.4) is 0 Å². The molecule has 0 fully saturated rings. The lowest BCUT2D eigenvalue weighted by Gasteiger charge is -2.16. The average Bonchev–Trinajstić information content (AvgIpc) is 2.40. The second-order valence-electron chi connectivity index (χ2n) is 4.37. The predicted molar refractivity (Wildman–Crippen MR) is 81.8 cm³/mol. The van der Waals surface area contributed by atoms with E-state index in [2.05, 4.69) is 0 Å². The Bertz CT molecular complexity index is 643. The molecule has 0 heterocycles. The van der Waals surface area contributed by atoms with E-state index in [-0.39, 0.29) is 5.82 Å². The van der Waals surface area contributed by atoms with E-state index >= 15 is 0 Å². The van der Waals surface area contributed by atoms with Crippen LogP contribution in [0.4, 0.5) is 4.39 Å². The summed E-state index contributed by atoms with van der Waals surface area (Å²) in [6.45, 7) is 1.80. The fourth-order valence-electron chi connectivity index (χ4n) is 1.99. The summed E-state index contributed by atoms with van der Waals surface area (Å²) in [5, 5.41) is 0.374. The van der Waals surface area contributed by atoms with E-state index < -0.39 is 5.38 Å². The maximum Gasteiger partial charge on any atom is 0.138 e. The van der Waals surface area contributed by atoms with Crippen molar-refractivity contribution < 1.29 is 9.13 Å². The summed E-state index contributed by atoms with van der Waals surface area (Å²) in [6, 6.07) is 7.74. The van der Waals surface area contributed by atoms with E-state index in [4.69, 9.17) is 39.5 Å². The van der Waals surface area contributed by atoms with Crippen LogP contribution in [-0.4, -0.2) is 7.11 Å². The van der Waals surface area contributed by atoms with Crippen LogP contribution in [-0.2, 0) is 0 Å². The second-order valence-corrected chi connectivity index (χ2v) is 5.62. The highest BCUT2D eigenvalue weighted by Crippen LogP contribution is 2.40. The maximum absolute atomic E-state index is 13.1. The van der Waals surface area contributed by atoms with Crippen LogP contribution in [0.5, 0.6) is 5.75 Å². The number of ether oxygens (including phenoxy) is 1. The van der Waals surface area contributed by atoms with Crippen LogP contribution < -0.4 is 4.74 Å². The van der Waals surface area contributed by atoms with Gasteiger partial charge in [-0.25, -0.2) is 4.39 Å². The van der Waals surface area contributed by atoms with Gasteiger partial charge in [-0.3, -0.25) is 0 Å². The SMILES string of the molecule is COc1cc(Cl)c(C(Cl)c2ccc(F)cc2C)cc1Cl. The van der Waals surface area contributed by atoms with Gasteiger partial charge in [-0.15, -0.1) is 11.6 Å². The molecule has 0 saturated carbocycles. The van der Waals surface area contributed by atoms with E-state index in [1.807, 2.05) is 0 Å². The molecule has 5 heteroatoms. The molecule has 106 valence electrons. The summed E-state index contributed by atoms with van der Waals surface area (Å²) in [5.74, 6) is 0.189. The molecule has 0 aliphatic rings. The fraction of sp³-hybridized carbons (Fsp3) is 0.200. The van der Waals surface area contributed by atoms with Crippen molar-refractivity contribution in [2.45, 2.75) is 12.3 Å². The van der Waals surface area contributed by atoms with Gasteiger partial charge in [0.2, 0.25) is 0 Å². The zero-order chi connectivity index (χ0) is 14.9. The number of benzene rings is 2. The Morgan fingerprint density at radius 2 is 1.75 bits per heavy atom. The quantitative estimate of drug-likeness (QED) is 0.647. The maximum atomic E-state index is 13.1. The van der Waals surface area contributed by atoms with Crippen LogP contribution in [0.2, 0.25) is 10.0 Å². The summed E-state index contributed by atoms with van der Waals surface area (Å²) in [5.41, 5.74) is 2.21. The first-order valence-corrected chi connectivity index (χ1v) is 7.06. The first-order valence-electron chi connectivity index (χ1n) is 5.87. The second kappa shape index (κ2) is 6.21. The zero-order valence-corrected chi connectivity index (χ0v) is 13.2. The molecule has 1 unspecified atom stereocenters. The molecule has 2 rings (SSSR count). The van der Waals surface area contributed by atoms with Gasteiger partial charge in [0.1, 0.15) is 11.6 Å². The smallest absolute Gasteiger partial charge is 0.138 e. The molecule has 1 atom stereocenters. The first kappa shape index (κ1) is 15.4. The van der Waals surface area contributed by atoms with Crippen LogP contribution in [0.1, 0.15) is 22.1 Å². The highest BCUT2D eigenvalue weighted by Gasteiger charge is 2.19. The van der Waals surface area contributed by atoms with Gasteiger partial charge in [-0.2, -0.15) is 0 Å². The van der Waals surface area contributed by atoms with Crippen molar-refractivity contribution in [3.05, 3.63) is 62.9 Å². The zero-order valence-electron chi connectivity index (χ0n) is 10.9. The molecular weight excluding hydrogens is 322 g/mol. The van der Waals surface area contributed by atoms with E-state index in [1.54, 1.807) is 25.1 Å². The minimum atomic E-state index is -0.508. The standard InChI is InChI=1S/C15H12Cl3FO/c1-8-5-9(19)3-4-10(8)15(18)11-6-13(17)14(20-2)7-12(11)16/h3-7,15H,1-2H3. The van der Waals surface area contributed by atoms with Crippen molar-refractivity contribution in [3.63, 3.8) is 0 Å². The molecule has 2 aromatic rings. The summed E-state index contributed by atoms with van der Waals surface area (Å²) < 4.78 is 18.2. The summed E-state index contributed by atoms with van der Waals surface area (Å²) in [4.78, 5) is 0. The van der Waals surface area contributed by atoms with Gasteiger partial charge in [0.15, 0.2) is 0 Å². The Balaban J connectivity index is 2.48. The summed E-state index contributed by atoms with van der Waals surface area (Å²) in [7, 11) is 1.51. The molecule has 0 aliphatic carbocycles. The molecule has 0 spiro atoms. The molecule has 0 radical (unpaired) electrons. The largest absolute Gasteiger partial charge is 0.495 e. The van der Waals surface area contributed by atoms with Crippen molar-refractivity contribution in [3.8, 4) is 5.75 Å². The summed E-state index contributed by atoms with van der Waals surface area (Å²) >= 11 is 18.8. The van der Waals surface area contributed by atoms with Gasteiger partial charge in [-0.05, 0) is 41.8 Å². The minimum absolute atomic E-state index is 0.297. The number of hydrogen-bond acceptors (Lipinski definition) is 1. The van der Waals surface area contributed by atoms with Crippen molar-refractivity contribution >= 4 is 34.8 Å². The van der Waals surface area contributed by atoms with Crippen LogP contribution in [0.25, 0.3) is 0 Å². The van der Waals surface area contributed by atoms with E-state index in [0.29, 0.717) is 21.4 Å². The third-order valence-electron chi connectivity index (χ3n) is 3.05. The number of methoxy groups -OCH3 is 1. The van der Waals surface area contributed by atoms with E-state index in [1.165, 1.54) is 19.2 Å². The number of alkyl halides is 1. The molecule has 0 bridgehead atoms. The van der Waals surface area contributed by atoms with Gasteiger partial charge in [-0.1, -0.05) is 29.3 Å². The molecular formula is C15H12Cl3FO. The number of aryl methyl sites for hydroxylation is 1. The highest BCUT2D eigenvalue weighted by atomic mass is 35.5. The van der Waals surface area contributed by atoms with Gasteiger partial charge in [0.25, 0.3) is 0 Å². The Morgan fingerprint density at radius 3 is 2.35 bits per heavy atom.